The van der Waals surface area contributed by atoms with Gasteiger partial charge in [0.2, 0.25) is 5.91 Å². The number of halogens is 2. The van der Waals surface area contributed by atoms with E-state index >= 15 is 0 Å². The van der Waals surface area contributed by atoms with Gasteiger partial charge >= 0.3 is 0 Å². The van der Waals surface area contributed by atoms with Gasteiger partial charge in [0.1, 0.15) is 11.5 Å². The Labute approximate surface area is 224 Å². The normalized spacial score (nSPS) is 21.5. The molecule has 198 valence electrons. The lowest BCUT2D eigenvalue weighted by atomic mass is 9.81. The maximum absolute atomic E-state index is 13.6. The van der Waals surface area contributed by atoms with Crippen molar-refractivity contribution in [2.45, 2.75) is 44.3 Å². The van der Waals surface area contributed by atoms with E-state index in [0.29, 0.717) is 40.9 Å². The molecule has 3 atom stereocenters. The summed E-state index contributed by atoms with van der Waals surface area (Å²) in [5.74, 6) is -1.35. The van der Waals surface area contributed by atoms with Crippen molar-refractivity contribution < 1.29 is 18.8 Å². The van der Waals surface area contributed by atoms with Gasteiger partial charge in [-0.05, 0) is 50.6 Å². The molecule has 0 unspecified atom stereocenters. The molecule has 1 saturated carbocycles. The molecule has 3 amide bonds. The maximum Gasteiger partial charge on any atom is 0.280 e. The average Bonchev–Trinajstić information content (AvgIpc) is 3.48. The van der Waals surface area contributed by atoms with Crippen molar-refractivity contribution in [3.63, 3.8) is 0 Å². The van der Waals surface area contributed by atoms with Gasteiger partial charge in [-0.1, -0.05) is 0 Å². The van der Waals surface area contributed by atoms with E-state index in [-0.39, 0.29) is 47.9 Å². The molecule has 3 heterocycles. The van der Waals surface area contributed by atoms with Gasteiger partial charge in [-0.25, -0.2) is 9.37 Å². The molecule has 3 aromatic rings. The molecule has 1 aliphatic carbocycles. The second-order valence-electron chi connectivity index (χ2n) is 9.58. The number of rotatable bonds is 5. The van der Waals surface area contributed by atoms with Crippen LogP contribution in [0.4, 0.5) is 4.39 Å². The first-order chi connectivity index (χ1) is 17.3. The van der Waals surface area contributed by atoms with E-state index in [2.05, 4.69) is 30.8 Å². The number of carbonyl (C=O) groups is 3. The highest BCUT2D eigenvalue weighted by Gasteiger charge is 2.36. The number of aromatic nitrogens is 2. The SMILES string of the molecule is CNC(=O)[C@H]1CC[C@H](NC(=O)c2cc3cc(F)ccc3[nH]2)[C@H](NC(=O)c2nc3c(s2)CN(C)CC3)C1.Cl. The van der Waals surface area contributed by atoms with Gasteiger partial charge < -0.3 is 25.8 Å². The van der Waals surface area contributed by atoms with Crippen molar-refractivity contribution >= 4 is 52.4 Å². The number of benzene rings is 1. The van der Waals surface area contributed by atoms with E-state index < -0.39 is 6.04 Å². The minimum absolute atomic E-state index is 0. The third-order valence-corrected chi connectivity index (χ3v) is 8.13. The fourth-order valence-corrected chi connectivity index (χ4v) is 6.16. The van der Waals surface area contributed by atoms with Crippen LogP contribution in [-0.2, 0) is 17.8 Å². The van der Waals surface area contributed by atoms with Crippen LogP contribution in [-0.4, -0.2) is 65.3 Å². The van der Waals surface area contributed by atoms with Gasteiger partial charge in [0.05, 0.1) is 11.7 Å². The van der Waals surface area contributed by atoms with Gasteiger partial charge in [-0.3, -0.25) is 14.4 Å². The van der Waals surface area contributed by atoms with Crippen LogP contribution >= 0.6 is 23.7 Å². The van der Waals surface area contributed by atoms with Crippen LogP contribution in [0.1, 0.15) is 50.1 Å². The largest absolute Gasteiger partial charge is 0.359 e. The molecule has 0 radical (unpaired) electrons. The Morgan fingerprint density at radius 2 is 1.92 bits per heavy atom. The van der Waals surface area contributed by atoms with Crippen LogP contribution in [0.2, 0.25) is 0 Å². The predicted molar refractivity (Wildman–Crippen MR) is 142 cm³/mol. The van der Waals surface area contributed by atoms with Crippen molar-refractivity contribution in [2.75, 3.05) is 20.6 Å². The number of aromatic amines is 1. The Kier molecular flexibility index (Phi) is 8.15. The summed E-state index contributed by atoms with van der Waals surface area (Å²) in [5, 5.41) is 9.76. The van der Waals surface area contributed by atoms with Crippen LogP contribution < -0.4 is 16.0 Å². The molecule has 9 nitrogen and oxygen atoms in total. The molecule has 4 N–H and O–H groups in total. The highest BCUT2D eigenvalue weighted by atomic mass is 35.5. The van der Waals surface area contributed by atoms with Crippen LogP contribution in [0.3, 0.4) is 0 Å². The highest BCUT2D eigenvalue weighted by Crippen LogP contribution is 2.28. The van der Waals surface area contributed by atoms with Gasteiger partial charge in [-0.2, -0.15) is 0 Å². The van der Waals surface area contributed by atoms with Gasteiger partial charge in [0.25, 0.3) is 11.8 Å². The summed E-state index contributed by atoms with van der Waals surface area (Å²) in [6.07, 6.45) is 2.34. The Bertz CT molecular complexity index is 1330. The van der Waals surface area contributed by atoms with Crippen LogP contribution in [0.5, 0.6) is 0 Å². The third-order valence-electron chi connectivity index (χ3n) is 7.04. The molecular weight excluding hydrogens is 519 g/mol. The molecule has 0 saturated heterocycles. The molecule has 2 aliphatic rings. The van der Waals surface area contributed by atoms with E-state index in [1.54, 1.807) is 19.2 Å². The minimum atomic E-state index is -0.442. The number of thiazole rings is 1. The summed E-state index contributed by atoms with van der Waals surface area (Å²) in [5.41, 5.74) is 1.94. The Hall–Kier alpha value is -3.02. The molecule has 1 aliphatic heterocycles. The molecule has 2 aromatic heterocycles. The summed E-state index contributed by atoms with van der Waals surface area (Å²) < 4.78 is 13.6. The molecule has 1 aromatic carbocycles. The Morgan fingerprint density at radius 1 is 1.14 bits per heavy atom. The first kappa shape index (κ1) is 27.0. The lowest BCUT2D eigenvalue weighted by Gasteiger charge is -2.36. The Morgan fingerprint density at radius 3 is 2.70 bits per heavy atom. The van der Waals surface area contributed by atoms with Crippen LogP contribution in [0.15, 0.2) is 24.3 Å². The van der Waals surface area contributed by atoms with E-state index in [1.165, 1.54) is 23.5 Å². The monoisotopic (exact) mass is 548 g/mol. The van der Waals surface area contributed by atoms with Crippen LogP contribution in [0.25, 0.3) is 10.9 Å². The van der Waals surface area contributed by atoms with Crippen molar-refractivity contribution in [1.29, 1.82) is 0 Å². The number of carbonyl (C=O) groups excluding carboxylic acids is 3. The number of likely N-dealkylation sites (N-methyl/N-ethyl adjacent to an activating group) is 1. The molecule has 1 fully saturated rings. The number of H-pyrrole nitrogens is 1. The standard InChI is InChI=1S/C25H29FN6O3S.ClH/c1-27-22(33)13-3-5-17(29-23(34)20-11-14-9-15(26)4-6-16(14)28-20)19(10-13)30-24(35)25-31-18-7-8-32(2)12-21(18)36-25;/h4,6,9,11,13,17,19,28H,3,5,7-8,10,12H2,1-2H3,(H,27,33)(H,29,34)(H,30,35);1H/t13-,17-,19+;/m0./s1. The lowest BCUT2D eigenvalue weighted by molar-refractivity contribution is -0.125. The van der Waals surface area contributed by atoms with Gasteiger partial charge in [0, 0.05) is 54.3 Å². The minimum Gasteiger partial charge on any atom is -0.359 e. The van der Waals surface area contributed by atoms with Crippen molar-refractivity contribution in [2.24, 2.45) is 5.92 Å². The second kappa shape index (κ2) is 11.2. The zero-order chi connectivity index (χ0) is 25.4. The molecular formula is C25H30ClFN6O3S. The highest BCUT2D eigenvalue weighted by molar-refractivity contribution is 7.13. The fourth-order valence-electron chi connectivity index (χ4n) is 5.07. The Balaban J connectivity index is 0.00000320. The van der Waals surface area contributed by atoms with Gasteiger partial charge in [0.15, 0.2) is 5.01 Å². The zero-order valence-corrected chi connectivity index (χ0v) is 22.2. The van der Waals surface area contributed by atoms with E-state index in [0.717, 1.165) is 30.1 Å². The maximum atomic E-state index is 13.6. The molecule has 0 spiro atoms. The quantitative estimate of drug-likeness (QED) is 0.391. The van der Waals surface area contributed by atoms with Crippen molar-refractivity contribution in [1.82, 2.24) is 30.8 Å². The van der Waals surface area contributed by atoms with E-state index in [1.807, 2.05) is 7.05 Å². The number of nitrogens with zero attached hydrogens (tertiary/aromatic N) is 2. The zero-order valence-electron chi connectivity index (χ0n) is 20.6. The summed E-state index contributed by atoms with van der Waals surface area (Å²) in [6.45, 7) is 1.68. The summed E-state index contributed by atoms with van der Waals surface area (Å²) in [4.78, 5) is 49.5. The van der Waals surface area contributed by atoms with E-state index in [4.69, 9.17) is 0 Å². The lowest BCUT2D eigenvalue weighted by Crippen LogP contribution is -2.55. The second-order valence-corrected chi connectivity index (χ2v) is 10.7. The van der Waals surface area contributed by atoms with Crippen molar-refractivity contribution in [3.8, 4) is 0 Å². The predicted octanol–water partition coefficient (Wildman–Crippen LogP) is 2.62. The number of hydrogen-bond acceptors (Lipinski definition) is 6. The summed E-state index contributed by atoms with van der Waals surface area (Å²) in [7, 11) is 3.64. The van der Waals surface area contributed by atoms with Crippen LogP contribution in [0, 0.1) is 11.7 Å². The molecule has 0 bridgehead atoms. The molecule has 12 heteroatoms. The third kappa shape index (κ3) is 5.78. The van der Waals surface area contributed by atoms with E-state index in [9.17, 15) is 18.8 Å². The van der Waals surface area contributed by atoms with Gasteiger partial charge in [-0.15, -0.1) is 23.7 Å². The number of fused-ring (bicyclic) bond motifs is 2. The topological polar surface area (TPSA) is 119 Å². The first-order valence-electron chi connectivity index (χ1n) is 12.1. The number of amides is 3. The fraction of sp³-hybridized carbons (Fsp3) is 0.440. The first-order valence-corrected chi connectivity index (χ1v) is 12.9. The molecule has 37 heavy (non-hydrogen) atoms. The number of nitrogens with one attached hydrogen (secondary N) is 4. The summed E-state index contributed by atoms with van der Waals surface area (Å²) >= 11 is 1.40. The smallest absolute Gasteiger partial charge is 0.280 e. The summed E-state index contributed by atoms with van der Waals surface area (Å²) in [6, 6.07) is 5.08. The number of hydrogen-bond donors (Lipinski definition) is 4. The van der Waals surface area contributed by atoms with Crippen molar-refractivity contribution in [3.05, 3.63) is 51.4 Å². The molecule has 5 rings (SSSR count). The average molecular weight is 549 g/mol.